The second kappa shape index (κ2) is 4.58. The Kier molecular flexibility index (Phi) is 3.74. The molecule has 17 heavy (non-hydrogen) atoms. The normalized spacial score (nSPS) is 21.9. The number of halogens is 6. The minimum Gasteiger partial charge on any atom is -0.171 e. The Morgan fingerprint density at radius 3 is 2.18 bits per heavy atom. The number of rotatable bonds is 1. The lowest BCUT2D eigenvalue weighted by molar-refractivity contribution is -0.139. The van der Waals surface area contributed by atoms with Crippen molar-refractivity contribution in [1.82, 2.24) is 0 Å². The van der Waals surface area contributed by atoms with Crippen molar-refractivity contribution in [2.45, 2.75) is 25.7 Å². The van der Waals surface area contributed by atoms with Crippen LogP contribution in [0.5, 0.6) is 0 Å². The first kappa shape index (κ1) is 13.9. The topological polar surface area (TPSA) is 0 Å². The number of allylic oxidation sites excluding steroid dienone is 6. The van der Waals surface area contributed by atoms with E-state index in [-0.39, 0.29) is 5.57 Å². The molecule has 0 heterocycles. The summed E-state index contributed by atoms with van der Waals surface area (Å²) >= 11 is 0. The first-order chi connectivity index (χ1) is 7.58. The van der Waals surface area contributed by atoms with Crippen LogP contribution in [0.25, 0.3) is 0 Å². The molecule has 0 radical (unpaired) electrons. The molecule has 0 aromatic carbocycles. The van der Waals surface area contributed by atoms with E-state index < -0.39 is 30.3 Å². The highest BCUT2D eigenvalue weighted by atomic mass is 19.4. The molecule has 0 aromatic heterocycles. The van der Waals surface area contributed by atoms with Gasteiger partial charge in [0.25, 0.3) is 0 Å². The molecule has 0 saturated carbocycles. The lowest BCUT2D eigenvalue weighted by Gasteiger charge is -2.13. The van der Waals surface area contributed by atoms with E-state index in [4.69, 9.17) is 0 Å². The van der Waals surface area contributed by atoms with Crippen molar-refractivity contribution >= 4 is 0 Å². The van der Waals surface area contributed by atoms with Gasteiger partial charge in [-0.15, -0.1) is 0 Å². The van der Waals surface area contributed by atoms with Crippen LogP contribution in [0.3, 0.4) is 0 Å². The van der Waals surface area contributed by atoms with Gasteiger partial charge < -0.3 is 0 Å². The molecule has 0 fully saturated rings. The summed E-state index contributed by atoms with van der Waals surface area (Å²) in [5.74, 6) is -1.28. The van der Waals surface area contributed by atoms with E-state index in [9.17, 15) is 26.3 Å². The van der Waals surface area contributed by atoms with Gasteiger partial charge in [-0.2, -0.15) is 26.3 Å². The van der Waals surface area contributed by atoms with Crippen LogP contribution in [0.1, 0.15) is 13.3 Å². The fourth-order valence-corrected chi connectivity index (χ4v) is 1.47. The van der Waals surface area contributed by atoms with E-state index >= 15 is 0 Å². The molecule has 0 aromatic rings. The van der Waals surface area contributed by atoms with Gasteiger partial charge in [0.1, 0.15) is 0 Å². The smallest absolute Gasteiger partial charge is 0.171 e. The largest absolute Gasteiger partial charge is 0.416 e. The highest BCUT2D eigenvalue weighted by molar-refractivity contribution is 5.36. The Morgan fingerprint density at radius 2 is 1.71 bits per heavy atom. The van der Waals surface area contributed by atoms with Crippen molar-refractivity contribution in [3.63, 3.8) is 0 Å². The Morgan fingerprint density at radius 1 is 1.12 bits per heavy atom. The molecule has 0 spiro atoms. The second-order valence-electron chi connectivity index (χ2n) is 3.85. The summed E-state index contributed by atoms with van der Waals surface area (Å²) in [6.07, 6.45) is -6.54. The Labute approximate surface area is 94.3 Å². The monoisotopic (exact) mass is 256 g/mol. The van der Waals surface area contributed by atoms with E-state index in [1.807, 2.05) is 0 Å². The first-order valence-corrected chi connectivity index (χ1v) is 4.80. The molecular weight excluding hydrogens is 246 g/mol. The quantitative estimate of drug-likeness (QED) is 0.603. The first-order valence-electron chi connectivity index (χ1n) is 4.80. The van der Waals surface area contributed by atoms with Gasteiger partial charge in [0.15, 0.2) is 0 Å². The summed E-state index contributed by atoms with van der Waals surface area (Å²) in [5.41, 5.74) is -0.757. The highest BCUT2D eigenvalue weighted by Crippen LogP contribution is 2.34. The van der Waals surface area contributed by atoms with E-state index in [0.717, 1.165) is 12.2 Å². The molecule has 6 heteroatoms. The third kappa shape index (κ3) is 4.66. The van der Waals surface area contributed by atoms with Crippen LogP contribution in [-0.2, 0) is 0 Å². The third-order valence-corrected chi connectivity index (χ3v) is 2.18. The zero-order chi connectivity index (χ0) is 13.3. The average Bonchev–Trinajstić information content (AvgIpc) is 2.24. The SMILES string of the molecule is CC1=CC(C(F)(F)F)=CC(CC(F)(F)F)C=C1. The zero-order valence-corrected chi connectivity index (χ0v) is 8.86. The summed E-state index contributed by atoms with van der Waals surface area (Å²) < 4.78 is 73.8. The van der Waals surface area contributed by atoms with Crippen LogP contribution in [0, 0.1) is 5.92 Å². The van der Waals surface area contributed by atoms with Gasteiger partial charge in [-0.3, -0.25) is 0 Å². The fraction of sp³-hybridized carbons (Fsp3) is 0.455. The van der Waals surface area contributed by atoms with Crippen molar-refractivity contribution in [3.05, 3.63) is 35.5 Å². The Balaban J connectivity index is 3.00. The van der Waals surface area contributed by atoms with Crippen LogP contribution >= 0.6 is 0 Å². The van der Waals surface area contributed by atoms with Crippen LogP contribution < -0.4 is 0 Å². The van der Waals surface area contributed by atoms with E-state index in [1.54, 1.807) is 0 Å². The lowest BCUT2D eigenvalue weighted by atomic mass is 10.0. The minimum absolute atomic E-state index is 0.276. The molecular formula is C11H10F6. The molecule has 0 N–H and O–H groups in total. The summed E-state index contributed by atoms with van der Waals surface area (Å²) in [5, 5.41) is 0. The summed E-state index contributed by atoms with van der Waals surface area (Å²) in [7, 11) is 0. The number of alkyl halides is 6. The van der Waals surface area contributed by atoms with Crippen LogP contribution in [-0.4, -0.2) is 12.4 Å². The van der Waals surface area contributed by atoms with Crippen molar-refractivity contribution in [2.24, 2.45) is 5.92 Å². The molecule has 0 amide bonds. The average molecular weight is 256 g/mol. The van der Waals surface area contributed by atoms with Gasteiger partial charge >= 0.3 is 12.4 Å². The maximum Gasteiger partial charge on any atom is 0.416 e. The zero-order valence-electron chi connectivity index (χ0n) is 8.86. The van der Waals surface area contributed by atoms with Gasteiger partial charge in [0, 0.05) is 5.92 Å². The predicted octanol–water partition coefficient (Wildman–Crippen LogP) is 4.56. The molecule has 0 nitrogen and oxygen atoms in total. The lowest BCUT2D eigenvalue weighted by Crippen LogP contribution is -2.15. The molecule has 1 atom stereocenters. The summed E-state index contributed by atoms with van der Waals surface area (Å²) in [4.78, 5) is 0. The molecule has 0 bridgehead atoms. The van der Waals surface area contributed by atoms with Gasteiger partial charge in [0.05, 0.1) is 12.0 Å². The number of hydrogen-bond acceptors (Lipinski definition) is 0. The molecule has 0 aliphatic heterocycles. The molecule has 1 unspecified atom stereocenters. The second-order valence-corrected chi connectivity index (χ2v) is 3.85. The van der Waals surface area contributed by atoms with E-state index in [0.29, 0.717) is 6.08 Å². The molecule has 1 aliphatic carbocycles. The minimum atomic E-state index is -4.63. The van der Waals surface area contributed by atoms with Crippen molar-refractivity contribution in [1.29, 1.82) is 0 Å². The summed E-state index contributed by atoms with van der Waals surface area (Å²) in [6.45, 7) is 1.41. The van der Waals surface area contributed by atoms with Gasteiger partial charge in [-0.05, 0) is 13.0 Å². The molecule has 1 rings (SSSR count). The Hall–Kier alpha value is -1.20. The number of hydrogen-bond donors (Lipinski definition) is 0. The van der Waals surface area contributed by atoms with Crippen LogP contribution in [0.4, 0.5) is 26.3 Å². The third-order valence-electron chi connectivity index (χ3n) is 2.18. The maximum absolute atomic E-state index is 12.5. The fourth-order valence-electron chi connectivity index (χ4n) is 1.47. The highest BCUT2D eigenvalue weighted by Gasteiger charge is 2.35. The van der Waals surface area contributed by atoms with Gasteiger partial charge in [0.2, 0.25) is 0 Å². The summed E-state index contributed by atoms with van der Waals surface area (Å²) in [6, 6.07) is 0. The van der Waals surface area contributed by atoms with Crippen LogP contribution in [0.15, 0.2) is 35.5 Å². The van der Waals surface area contributed by atoms with Crippen LogP contribution in [0.2, 0.25) is 0 Å². The standard InChI is InChI=1S/C11H10F6/c1-7-2-3-8(6-10(12,13)14)5-9(4-7)11(15,16)17/h2-5,8H,6H2,1H3. The van der Waals surface area contributed by atoms with E-state index in [1.165, 1.54) is 13.0 Å². The molecule has 0 saturated heterocycles. The maximum atomic E-state index is 12.5. The van der Waals surface area contributed by atoms with Gasteiger partial charge in [-0.25, -0.2) is 0 Å². The van der Waals surface area contributed by atoms with Crippen molar-refractivity contribution in [2.75, 3.05) is 0 Å². The van der Waals surface area contributed by atoms with Crippen molar-refractivity contribution < 1.29 is 26.3 Å². The van der Waals surface area contributed by atoms with Gasteiger partial charge in [-0.1, -0.05) is 23.8 Å². The molecule has 1 aliphatic rings. The Bertz CT molecular complexity index is 366. The molecule has 96 valence electrons. The van der Waals surface area contributed by atoms with E-state index in [2.05, 4.69) is 0 Å². The predicted molar refractivity (Wildman–Crippen MR) is 51.2 cm³/mol. The van der Waals surface area contributed by atoms with Crippen molar-refractivity contribution in [3.8, 4) is 0 Å².